The van der Waals surface area contributed by atoms with Gasteiger partial charge in [-0.3, -0.25) is 38.4 Å². The van der Waals surface area contributed by atoms with Crippen molar-refractivity contribution in [2.75, 3.05) is 33.4 Å². The molecule has 0 spiro atoms. The number of methoxy groups -OCH3 is 1. The third-order valence-corrected chi connectivity index (χ3v) is 20.6. The highest BCUT2D eigenvalue weighted by atomic mass is 16.6. The van der Waals surface area contributed by atoms with E-state index in [9.17, 15) is 53.4 Å². The number of carbonyl (C=O) groups is 9. The monoisotopic (exact) mass is 1740 g/mol. The molecule has 0 aliphatic carbocycles. The van der Waals surface area contributed by atoms with E-state index < -0.39 is 48.1 Å². The number of hydrogen-bond acceptors (Lipinski definition) is 16. The lowest BCUT2D eigenvalue weighted by atomic mass is 10.0. The van der Waals surface area contributed by atoms with Gasteiger partial charge in [0, 0.05) is 46.8 Å². The molecule has 1 fully saturated rings. The summed E-state index contributed by atoms with van der Waals surface area (Å²) in [5.74, 6) is -4.16. The van der Waals surface area contributed by atoms with Gasteiger partial charge in [0.25, 0.3) is 0 Å². The maximum absolute atomic E-state index is 11.8. The molecule has 0 aromatic rings. The van der Waals surface area contributed by atoms with Gasteiger partial charge in [-0.25, -0.2) is 0 Å². The van der Waals surface area contributed by atoms with Crippen LogP contribution in [0.2, 0.25) is 0 Å². The molecule has 122 heavy (non-hydrogen) atoms. The molecule has 722 valence electrons. The fourth-order valence-corrected chi connectivity index (χ4v) is 13.6. The van der Waals surface area contributed by atoms with Crippen molar-refractivity contribution in [3.05, 3.63) is 38.0 Å². The number of aliphatic hydroxyl groups excluding tert-OH is 2. The van der Waals surface area contributed by atoms with E-state index in [0.717, 1.165) is 103 Å². The Balaban J connectivity index is -0.000000257. The van der Waals surface area contributed by atoms with Gasteiger partial charge in [-0.1, -0.05) is 381 Å². The second-order valence-electron chi connectivity index (χ2n) is 33.2. The summed E-state index contributed by atoms with van der Waals surface area (Å²) in [6.07, 6.45) is 82.3. The number of amides is 2. The van der Waals surface area contributed by atoms with E-state index >= 15 is 0 Å². The van der Waals surface area contributed by atoms with Crippen molar-refractivity contribution in [1.29, 1.82) is 0 Å². The lowest BCUT2D eigenvalue weighted by molar-refractivity contribution is -0.152. The number of carboxylic acids is 2. The maximum Gasteiger partial charge on any atom is 0.325 e. The molecule has 0 aromatic carbocycles. The quantitative estimate of drug-likeness (QED) is 0.0108. The first-order chi connectivity index (χ1) is 58.9. The molecule has 0 saturated carbocycles. The van der Waals surface area contributed by atoms with E-state index in [4.69, 9.17) is 29.2 Å². The molecule has 0 radical (unpaired) electrons. The largest absolute Gasteiger partial charge is 0.481 e. The van der Waals surface area contributed by atoms with Gasteiger partial charge in [-0.2, -0.15) is 0 Å². The zero-order chi connectivity index (χ0) is 92.5. The minimum atomic E-state index is -1.07. The van der Waals surface area contributed by atoms with Crippen molar-refractivity contribution in [3.63, 3.8) is 0 Å². The van der Waals surface area contributed by atoms with Crippen molar-refractivity contribution in [2.24, 2.45) is 0 Å². The highest BCUT2D eigenvalue weighted by Crippen LogP contribution is 2.20. The molecule has 1 heterocycles. The summed E-state index contributed by atoms with van der Waals surface area (Å²) >= 11 is 0. The predicted octanol–water partition coefficient (Wildman–Crippen LogP) is 27.0. The average molecular weight is 1740 g/mol. The summed E-state index contributed by atoms with van der Waals surface area (Å²) in [6.45, 7) is 31.6. The lowest BCUT2D eigenvalue weighted by Gasteiger charge is -2.16. The number of rotatable bonds is 77. The van der Waals surface area contributed by atoms with E-state index in [1.165, 1.54) is 336 Å². The second-order valence-corrected chi connectivity index (χ2v) is 33.2. The van der Waals surface area contributed by atoms with Crippen molar-refractivity contribution < 1.29 is 87.3 Å². The van der Waals surface area contributed by atoms with Crippen molar-refractivity contribution in [1.82, 2.24) is 10.6 Å². The topological polar surface area (TPSA) is 305 Å². The van der Waals surface area contributed by atoms with E-state index in [0.29, 0.717) is 19.3 Å². The lowest BCUT2D eigenvalue weighted by Crippen LogP contribution is -2.33. The van der Waals surface area contributed by atoms with Crippen LogP contribution in [0.1, 0.15) is 499 Å². The third kappa shape index (κ3) is 130. The summed E-state index contributed by atoms with van der Waals surface area (Å²) < 4.78 is 24.9. The summed E-state index contributed by atoms with van der Waals surface area (Å²) in [6, 6.07) is 0. The molecule has 2 amide bonds. The van der Waals surface area contributed by atoms with Gasteiger partial charge in [0.15, 0.2) is 0 Å². The highest BCUT2D eigenvalue weighted by Gasteiger charge is 2.19. The van der Waals surface area contributed by atoms with Gasteiger partial charge >= 0.3 is 35.8 Å². The molecule has 6 N–H and O–H groups in total. The molecule has 1 aliphatic heterocycles. The molecule has 5 unspecified atom stereocenters. The van der Waals surface area contributed by atoms with Crippen molar-refractivity contribution in [3.8, 4) is 0 Å². The Morgan fingerprint density at radius 1 is 0.352 bits per heavy atom. The van der Waals surface area contributed by atoms with E-state index in [-0.39, 0.29) is 62.4 Å². The van der Waals surface area contributed by atoms with Gasteiger partial charge in [0.05, 0.1) is 38.6 Å². The number of ether oxygens (including phenoxy) is 5. The SMILES string of the molecule is C1CCOC1.C=CC.C=CCC(CCCCCCCCCCC)OC(C)=O.C=CCC(O)CCCCCCCCCCC.CCCCCCCCCCCC(CC(=O)NCC(=O)OC)OC(C)=O.CCCCCCCCCCCC(CC(=O)O)OC(C)=O.CCCCCCCCCCCC(O)CC(=O)NCC(=O)O.CCCCCCCCCCCC=O. The van der Waals surface area contributed by atoms with E-state index in [1.54, 1.807) is 12.2 Å². The van der Waals surface area contributed by atoms with Crippen LogP contribution in [0.3, 0.4) is 0 Å². The predicted molar refractivity (Wildman–Crippen MR) is 509 cm³/mol. The molecule has 1 aliphatic rings. The first-order valence-electron chi connectivity index (χ1n) is 49.7. The molecule has 20 nitrogen and oxygen atoms in total. The number of nitrogens with one attached hydrogen (secondary N) is 2. The average Bonchev–Trinajstić information content (AvgIpc) is 1.21. The van der Waals surface area contributed by atoms with Gasteiger partial charge in [0.2, 0.25) is 11.8 Å². The number of carboxylic acid groups (broad SMARTS) is 2. The fourth-order valence-electron chi connectivity index (χ4n) is 13.6. The first kappa shape index (κ1) is 130. The number of aliphatic carboxylic acids is 2. The number of allylic oxidation sites excluding steroid dienone is 1. The van der Waals surface area contributed by atoms with Crippen LogP contribution in [-0.4, -0.2) is 138 Å². The smallest absolute Gasteiger partial charge is 0.325 e. The standard InChI is InChI=1S/C19H35NO5.C17H32O2.C16H31NO4.C16H30O4.C15H30O.C12H24O.C4H8O.C3H6/c1-4-5-6-7-8-9-10-11-12-13-17(25-16(2)21)14-18(22)20-15-19(23)24-3;1-4-6-7-8-9-10-11-12-13-15-17(14-5-2)19-16(3)18;1-2-3-4-5-6-7-8-9-10-11-14(18)12-15(19)17-13-16(20)21;1-3-4-5-6-7-8-9-10-11-12-15(13-16(18)19)20-14(2)17;1-3-5-6-7-8-9-10-11-12-14-15(16)13-4-2;1-2-3-4-5-6-7-8-9-10-11-12-13;1-2-4-5-3-1;1-3-2/h17H,4-15H2,1-3H3,(H,20,22);5,17H,2,4,6-15H2,1,3H3;14,18H,2-13H2,1H3,(H,17,19)(H,20,21);15H,3-13H2,1-2H3,(H,18,19);4,15-16H,2-3,5-14H2,1H3;12H,2-11H2,1H3;1-4H2;3H,1H2,2H3. The van der Waals surface area contributed by atoms with Crippen molar-refractivity contribution >= 4 is 53.9 Å². The van der Waals surface area contributed by atoms with Crippen molar-refractivity contribution in [2.45, 2.75) is 530 Å². The summed E-state index contributed by atoms with van der Waals surface area (Å²) in [5.41, 5.74) is 0. The van der Waals surface area contributed by atoms with E-state index in [2.05, 4.69) is 76.6 Å². The van der Waals surface area contributed by atoms with Crippen LogP contribution in [0.4, 0.5) is 0 Å². The molecule has 20 heteroatoms. The van der Waals surface area contributed by atoms with Crippen LogP contribution in [0.25, 0.3) is 0 Å². The Bertz CT molecular complexity index is 2240. The van der Waals surface area contributed by atoms with Crippen LogP contribution < -0.4 is 10.6 Å². The van der Waals surface area contributed by atoms with Crippen LogP contribution in [-0.2, 0) is 66.8 Å². The molecular formula is C102H196N2O18. The molecule has 1 rings (SSSR count). The zero-order valence-electron chi connectivity index (χ0n) is 81.0. The molecule has 0 bridgehead atoms. The fraction of sp³-hybridized carbons (Fsp3) is 0.853. The van der Waals surface area contributed by atoms with Gasteiger partial charge in [0.1, 0.15) is 37.7 Å². The Hall–Kier alpha value is -5.47. The second kappa shape index (κ2) is 114. The van der Waals surface area contributed by atoms with Crippen LogP contribution in [0.15, 0.2) is 38.0 Å². The van der Waals surface area contributed by atoms with E-state index in [1.807, 2.05) is 13.0 Å². The summed E-state index contributed by atoms with van der Waals surface area (Å²) in [7, 11) is 1.26. The highest BCUT2D eigenvalue weighted by molar-refractivity contribution is 5.82. The summed E-state index contributed by atoms with van der Waals surface area (Å²) in [5, 5.41) is 41.0. The number of carbonyl (C=O) groups excluding carboxylic acids is 7. The molecule has 5 atom stereocenters. The molecular weight excluding hydrogens is 1540 g/mol. The van der Waals surface area contributed by atoms with Crippen LogP contribution >= 0.6 is 0 Å². The molecule has 0 aromatic heterocycles. The first-order valence-corrected chi connectivity index (χ1v) is 49.7. The Kier molecular flexibility index (Phi) is 121. The van der Waals surface area contributed by atoms with Crippen LogP contribution in [0, 0.1) is 0 Å². The molecule has 1 saturated heterocycles. The van der Waals surface area contributed by atoms with Gasteiger partial charge in [-0.15, -0.1) is 19.7 Å². The number of esters is 4. The number of aldehydes is 1. The minimum Gasteiger partial charge on any atom is -0.481 e. The number of hydrogen-bond donors (Lipinski definition) is 6. The Morgan fingerprint density at radius 2 is 0.615 bits per heavy atom. The van der Waals surface area contributed by atoms with Crippen LogP contribution in [0.5, 0.6) is 0 Å². The Labute approximate surface area is 749 Å². The number of aliphatic hydroxyl groups is 2. The maximum atomic E-state index is 11.8. The normalized spacial score (nSPS) is 12.2. The van der Waals surface area contributed by atoms with Gasteiger partial charge in [-0.05, 0) is 84.0 Å². The zero-order valence-corrected chi connectivity index (χ0v) is 81.0. The number of unbranched alkanes of at least 4 members (excludes halogenated alkanes) is 49. The third-order valence-electron chi connectivity index (χ3n) is 20.6. The Morgan fingerprint density at radius 3 is 0.885 bits per heavy atom. The minimum absolute atomic E-state index is 0.00963. The summed E-state index contributed by atoms with van der Waals surface area (Å²) in [4.78, 5) is 98.0. The van der Waals surface area contributed by atoms with Gasteiger partial charge < -0.3 is 59.5 Å².